The topological polar surface area (TPSA) is 72.7 Å². The van der Waals surface area contributed by atoms with Crippen LogP contribution in [-0.2, 0) is 24.2 Å². The van der Waals surface area contributed by atoms with Crippen molar-refractivity contribution < 1.29 is 4.79 Å². The average molecular weight is 404 g/mol. The van der Waals surface area contributed by atoms with E-state index in [-0.39, 0.29) is 11.7 Å². The minimum atomic E-state index is -0.0623. The van der Waals surface area contributed by atoms with Crippen molar-refractivity contribution in [3.05, 3.63) is 53.6 Å². The SMILES string of the molecule is CCn1c2ccccc2c2nnc(SCC(=O)Nc3ccc4c(c3)CCC4)nc21. The molecule has 1 amide bonds. The monoisotopic (exact) mass is 403 g/mol. The lowest BCUT2D eigenvalue weighted by molar-refractivity contribution is -0.113. The Labute approximate surface area is 172 Å². The summed E-state index contributed by atoms with van der Waals surface area (Å²) in [6.45, 7) is 2.89. The molecule has 0 radical (unpaired) electrons. The minimum absolute atomic E-state index is 0.0623. The van der Waals surface area contributed by atoms with E-state index >= 15 is 0 Å². The predicted molar refractivity (Wildman–Crippen MR) is 116 cm³/mol. The van der Waals surface area contributed by atoms with Crippen molar-refractivity contribution in [1.29, 1.82) is 0 Å². The molecule has 2 aromatic heterocycles. The molecular formula is C22H21N5OS. The second-order valence-electron chi connectivity index (χ2n) is 7.20. The number of fused-ring (bicyclic) bond motifs is 4. The average Bonchev–Trinajstić information content (AvgIpc) is 3.33. The van der Waals surface area contributed by atoms with E-state index in [9.17, 15) is 4.79 Å². The number of benzene rings is 2. The summed E-state index contributed by atoms with van der Waals surface area (Å²) in [5.74, 6) is 0.184. The van der Waals surface area contributed by atoms with Gasteiger partial charge in [-0.15, -0.1) is 10.2 Å². The number of amides is 1. The van der Waals surface area contributed by atoms with E-state index in [0.717, 1.165) is 47.1 Å². The Kier molecular flexibility index (Phi) is 4.67. The van der Waals surface area contributed by atoms with E-state index in [2.05, 4.69) is 50.2 Å². The summed E-state index contributed by atoms with van der Waals surface area (Å²) in [6, 6.07) is 14.3. The third-order valence-electron chi connectivity index (χ3n) is 5.39. The molecule has 1 N–H and O–H groups in total. The summed E-state index contributed by atoms with van der Waals surface area (Å²) in [5.41, 5.74) is 6.32. The summed E-state index contributed by atoms with van der Waals surface area (Å²) in [6.07, 6.45) is 3.43. The summed E-state index contributed by atoms with van der Waals surface area (Å²) >= 11 is 1.31. The third kappa shape index (κ3) is 3.35. The quantitative estimate of drug-likeness (QED) is 0.505. The highest BCUT2D eigenvalue weighted by atomic mass is 32.2. The maximum absolute atomic E-state index is 12.4. The third-order valence-corrected chi connectivity index (χ3v) is 6.22. The molecule has 146 valence electrons. The Morgan fingerprint density at radius 1 is 1.14 bits per heavy atom. The number of hydrogen-bond donors (Lipinski definition) is 1. The summed E-state index contributed by atoms with van der Waals surface area (Å²) in [7, 11) is 0. The van der Waals surface area contributed by atoms with Crippen LogP contribution in [0.3, 0.4) is 0 Å². The normalized spacial score (nSPS) is 13.1. The van der Waals surface area contributed by atoms with Crippen LogP contribution in [0.4, 0.5) is 5.69 Å². The van der Waals surface area contributed by atoms with Gasteiger partial charge in [-0.05, 0) is 55.5 Å². The van der Waals surface area contributed by atoms with Gasteiger partial charge in [-0.25, -0.2) is 4.98 Å². The summed E-state index contributed by atoms with van der Waals surface area (Å²) in [5, 5.41) is 13.2. The second-order valence-corrected chi connectivity index (χ2v) is 8.14. The molecule has 0 unspecified atom stereocenters. The molecule has 2 heterocycles. The zero-order valence-corrected chi connectivity index (χ0v) is 17.0. The van der Waals surface area contributed by atoms with Gasteiger partial charge < -0.3 is 9.88 Å². The Balaban J connectivity index is 1.32. The molecule has 6 nitrogen and oxygen atoms in total. The van der Waals surface area contributed by atoms with Gasteiger partial charge in [0.25, 0.3) is 0 Å². The lowest BCUT2D eigenvalue weighted by Crippen LogP contribution is -2.14. The highest BCUT2D eigenvalue weighted by molar-refractivity contribution is 7.99. The van der Waals surface area contributed by atoms with Crippen molar-refractivity contribution in [3.8, 4) is 0 Å². The Bertz CT molecular complexity index is 1230. The van der Waals surface area contributed by atoms with E-state index in [1.165, 1.54) is 29.3 Å². The molecular weight excluding hydrogens is 382 g/mol. The highest BCUT2D eigenvalue weighted by Gasteiger charge is 2.15. The number of aromatic nitrogens is 4. The van der Waals surface area contributed by atoms with Crippen LogP contribution in [0.1, 0.15) is 24.5 Å². The predicted octanol–water partition coefficient (Wildman–Crippen LogP) is 4.22. The fourth-order valence-corrected chi connectivity index (χ4v) is 4.63. The number of nitrogens with one attached hydrogen (secondary N) is 1. The lowest BCUT2D eigenvalue weighted by atomic mass is 10.1. The van der Waals surface area contributed by atoms with Gasteiger partial charge in [-0.3, -0.25) is 4.79 Å². The number of para-hydroxylation sites is 1. The molecule has 5 rings (SSSR count). The smallest absolute Gasteiger partial charge is 0.234 e. The largest absolute Gasteiger partial charge is 0.325 e. The molecule has 0 spiro atoms. The molecule has 0 saturated carbocycles. The number of rotatable bonds is 5. The van der Waals surface area contributed by atoms with Crippen LogP contribution >= 0.6 is 11.8 Å². The van der Waals surface area contributed by atoms with E-state index in [1.807, 2.05) is 24.3 Å². The molecule has 0 bridgehead atoms. The van der Waals surface area contributed by atoms with E-state index < -0.39 is 0 Å². The fraction of sp³-hybridized carbons (Fsp3) is 0.273. The summed E-state index contributed by atoms with van der Waals surface area (Å²) in [4.78, 5) is 17.1. The van der Waals surface area contributed by atoms with Crippen molar-refractivity contribution in [1.82, 2.24) is 19.7 Å². The number of thioether (sulfide) groups is 1. The van der Waals surface area contributed by atoms with Crippen LogP contribution in [0.15, 0.2) is 47.6 Å². The van der Waals surface area contributed by atoms with Gasteiger partial charge in [-0.1, -0.05) is 36.0 Å². The van der Waals surface area contributed by atoms with Crippen LogP contribution < -0.4 is 5.32 Å². The van der Waals surface area contributed by atoms with Crippen LogP contribution in [0.5, 0.6) is 0 Å². The van der Waals surface area contributed by atoms with Gasteiger partial charge in [0.1, 0.15) is 5.52 Å². The van der Waals surface area contributed by atoms with Gasteiger partial charge in [0.15, 0.2) is 5.65 Å². The maximum Gasteiger partial charge on any atom is 0.234 e. The standard InChI is InChI=1S/C22H21N5OS/c1-2-27-18-9-4-3-8-17(18)20-21(27)24-22(26-25-20)29-13-19(28)23-16-11-10-14-6-5-7-15(14)12-16/h3-4,8-12H,2,5-7,13H2,1H3,(H,23,28). The molecule has 2 aromatic carbocycles. The van der Waals surface area contributed by atoms with E-state index in [1.54, 1.807) is 0 Å². The minimum Gasteiger partial charge on any atom is -0.325 e. The first kappa shape index (κ1) is 18.1. The van der Waals surface area contributed by atoms with Crippen LogP contribution in [0.25, 0.3) is 22.1 Å². The van der Waals surface area contributed by atoms with Crippen molar-refractivity contribution >= 4 is 45.4 Å². The number of anilines is 1. The Morgan fingerprint density at radius 3 is 2.90 bits per heavy atom. The number of hydrogen-bond acceptors (Lipinski definition) is 5. The van der Waals surface area contributed by atoms with Gasteiger partial charge in [-0.2, -0.15) is 0 Å². The molecule has 4 aromatic rings. The lowest BCUT2D eigenvalue weighted by Gasteiger charge is -2.07. The first-order valence-electron chi connectivity index (χ1n) is 9.89. The fourth-order valence-electron chi connectivity index (χ4n) is 4.05. The first-order valence-corrected chi connectivity index (χ1v) is 10.9. The number of carbonyl (C=O) groups is 1. The van der Waals surface area contributed by atoms with E-state index in [4.69, 9.17) is 0 Å². The molecule has 0 atom stereocenters. The van der Waals surface area contributed by atoms with Crippen molar-refractivity contribution in [3.63, 3.8) is 0 Å². The van der Waals surface area contributed by atoms with Crippen LogP contribution in [-0.4, -0.2) is 31.4 Å². The van der Waals surface area contributed by atoms with Crippen LogP contribution in [0, 0.1) is 0 Å². The zero-order chi connectivity index (χ0) is 19.8. The first-order chi connectivity index (χ1) is 14.2. The van der Waals surface area contributed by atoms with Crippen molar-refractivity contribution in [2.75, 3.05) is 11.1 Å². The molecule has 1 aliphatic rings. The Hall–Kier alpha value is -2.93. The number of carbonyl (C=O) groups excluding carboxylic acids is 1. The zero-order valence-electron chi connectivity index (χ0n) is 16.2. The van der Waals surface area contributed by atoms with E-state index in [0.29, 0.717) is 5.16 Å². The second kappa shape index (κ2) is 7.48. The molecule has 7 heteroatoms. The van der Waals surface area contributed by atoms with Gasteiger partial charge in [0.2, 0.25) is 11.1 Å². The van der Waals surface area contributed by atoms with Crippen molar-refractivity contribution in [2.24, 2.45) is 0 Å². The van der Waals surface area contributed by atoms with Crippen molar-refractivity contribution in [2.45, 2.75) is 37.9 Å². The maximum atomic E-state index is 12.4. The molecule has 0 aliphatic heterocycles. The number of nitrogens with zero attached hydrogens (tertiary/aromatic N) is 4. The number of aryl methyl sites for hydroxylation is 3. The van der Waals surface area contributed by atoms with Gasteiger partial charge in [0.05, 0.1) is 11.3 Å². The Morgan fingerprint density at radius 2 is 2.00 bits per heavy atom. The molecule has 1 aliphatic carbocycles. The molecule has 29 heavy (non-hydrogen) atoms. The highest BCUT2D eigenvalue weighted by Crippen LogP contribution is 2.27. The summed E-state index contributed by atoms with van der Waals surface area (Å²) < 4.78 is 2.13. The molecule has 0 fully saturated rings. The molecule has 0 saturated heterocycles. The van der Waals surface area contributed by atoms with Gasteiger partial charge in [0, 0.05) is 17.6 Å². The van der Waals surface area contributed by atoms with Gasteiger partial charge >= 0.3 is 0 Å². The van der Waals surface area contributed by atoms with Crippen LogP contribution in [0.2, 0.25) is 0 Å².